The van der Waals surface area contributed by atoms with Crippen LogP contribution in [-0.4, -0.2) is 29.9 Å². The number of esters is 1. The Morgan fingerprint density at radius 2 is 1.14 bits per heavy atom. The van der Waals surface area contributed by atoms with Crippen molar-refractivity contribution in [3.8, 4) is 11.5 Å². The fourth-order valence-electron chi connectivity index (χ4n) is 3.65. The molecule has 1 N–H and O–H groups in total. The van der Waals surface area contributed by atoms with Crippen molar-refractivity contribution in [3.05, 3.63) is 126 Å². The monoisotopic (exact) mass is 480 g/mol. The third-order valence-electron chi connectivity index (χ3n) is 5.33. The zero-order valence-corrected chi connectivity index (χ0v) is 19.9. The van der Waals surface area contributed by atoms with Gasteiger partial charge in [0.15, 0.2) is 6.61 Å². The molecule has 0 aliphatic carbocycles. The van der Waals surface area contributed by atoms with E-state index in [1.807, 2.05) is 95.9 Å². The van der Waals surface area contributed by atoms with Crippen LogP contribution in [0, 0.1) is 0 Å². The molecular weight excluding hydrogens is 452 g/mol. The standard InChI is InChI=1S/C30H28N2O4/c33-29(31-26-16-18-28(19-17-26)36-27-14-8-3-9-15-27)23-35-30(34)22-32(20-24-10-4-1-5-11-24)21-25-12-6-2-7-13-25/h1-19H,20-23H2,(H,31,33). The second-order valence-corrected chi connectivity index (χ2v) is 8.26. The van der Waals surface area contributed by atoms with E-state index in [9.17, 15) is 9.59 Å². The first-order valence-electron chi connectivity index (χ1n) is 11.7. The average Bonchev–Trinajstić information content (AvgIpc) is 2.90. The Morgan fingerprint density at radius 1 is 0.639 bits per heavy atom. The van der Waals surface area contributed by atoms with Crippen LogP contribution in [0.2, 0.25) is 0 Å². The van der Waals surface area contributed by atoms with Crippen LogP contribution >= 0.6 is 0 Å². The number of amides is 1. The topological polar surface area (TPSA) is 67.9 Å². The van der Waals surface area contributed by atoms with Crippen molar-refractivity contribution in [1.29, 1.82) is 0 Å². The summed E-state index contributed by atoms with van der Waals surface area (Å²) in [7, 11) is 0. The lowest BCUT2D eigenvalue weighted by atomic mass is 10.1. The van der Waals surface area contributed by atoms with E-state index in [0.717, 1.165) is 16.9 Å². The zero-order valence-electron chi connectivity index (χ0n) is 19.9. The SMILES string of the molecule is O=C(COC(=O)CN(Cc1ccccc1)Cc1ccccc1)Nc1ccc(Oc2ccccc2)cc1. The molecule has 6 heteroatoms. The Kier molecular flexibility index (Phi) is 8.84. The van der Waals surface area contributed by atoms with Crippen molar-refractivity contribution < 1.29 is 19.1 Å². The Morgan fingerprint density at radius 3 is 1.69 bits per heavy atom. The maximum Gasteiger partial charge on any atom is 0.320 e. The summed E-state index contributed by atoms with van der Waals surface area (Å²) in [5.41, 5.74) is 2.78. The summed E-state index contributed by atoms with van der Waals surface area (Å²) in [6, 6.07) is 36.3. The lowest BCUT2D eigenvalue weighted by Crippen LogP contribution is -2.32. The first-order chi connectivity index (χ1) is 17.6. The van der Waals surface area contributed by atoms with Crippen molar-refractivity contribution in [2.24, 2.45) is 0 Å². The summed E-state index contributed by atoms with van der Waals surface area (Å²) in [5.74, 6) is 0.527. The number of nitrogens with one attached hydrogen (secondary N) is 1. The smallest absolute Gasteiger partial charge is 0.320 e. The van der Waals surface area contributed by atoms with Gasteiger partial charge in [0.2, 0.25) is 0 Å². The average molecular weight is 481 g/mol. The molecule has 36 heavy (non-hydrogen) atoms. The molecule has 0 saturated heterocycles. The molecule has 0 saturated carbocycles. The van der Waals surface area contributed by atoms with E-state index in [4.69, 9.17) is 9.47 Å². The summed E-state index contributed by atoms with van der Waals surface area (Å²) in [6.45, 7) is 0.900. The molecule has 1 amide bonds. The van der Waals surface area contributed by atoms with Gasteiger partial charge in [0.1, 0.15) is 11.5 Å². The second kappa shape index (κ2) is 12.9. The summed E-state index contributed by atoms with van der Waals surface area (Å²) < 4.78 is 11.0. The number of nitrogens with zero attached hydrogens (tertiary/aromatic N) is 1. The number of hydrogen-bond acceptors (Lipinski definition) is 5. The largest absolute Gasteiger partial charge is 0.457 e. The quantitative estimate of drug-likeness (QED) is 0.281. The molecule has 0 fully saturated rings. The highest BCUT2D eigenvalue weighted by molar-refractivity contribution is 5.92. The molecule has 6 nitrogen and oxygen atoms in total. The molecule has 0 spiro atoms. The number of carbonyl (C=O) groups is 2. The normalized spacial score (nSPS) is 10.6. The minimum atomic E-state index is -0.455. The van der Waals surface area contributed by atoms with Gasteiger partial charge >= 0.3 is 5.97 Å². The lowest BCUT2D eigenvalue weighted by Gasteiger charge is -2.21. The summed E-state index contributed by atoms with van der Waals surface area (Å²) >= 11 is 0. The molecule has 0 bridgehead atoms. The van der Waals surface area contributed by atoms with E-state index in [1.54, 1.807) is 24.3 Å². The molecule has 4 aromatic carbocycles. The van der Waals surface area contributed by atoms with Gasteiger partial charge in [-0.25, -0.2) is 0 Å². The van der Waals surface area contributed by atoms with Gasteiger partial charge in [-0.1, -0.05) is 78.9 Å². The molecule has 0 aliphatic rings. The predicted octanol–water partition coefficient (Wildman–Crippen LogP) is 5.66. The van der Waals surface area contributed by atoms with Crippen LogP contribution < -0.4 is 10.1 Å². The van der Waals surface area contributed by atoms with E-state index < -0.39 is 11.9 Å². The van der Waals surface area contributed by atoms with Crippen LogP contribution in [0.5, 0.6) is 11.5 Å². The van der Waals surface area contributed by atoms with Crippen LogP contribution in [0.3, 0.4) is 0 Å². The number of para-hydroxylation sites is 1. The van der Waals surface area contributed by atoms with Gasteiger partial charge in [0, 0.05) is 18.8 Å². The summed E-state index contributed by atoms with van der Waals surface area (Å²) in [6.07, 6.45) is 0. The van der Waals surface area contributed by atoms with E-state index >= 15 is 0 Å². The molecule has 182 valence electrons. The van der Waals surface area contributed by atoms with Crippen molar-refractivity contribution in [3.63, 3.8) is 0 Å². The predicted molar refractivity (Wildman–Crippen MR) is 140 cm³/mol. The number of rotatable bonds is 11. The first kappa shape index (κ1) is 24.7. The van der Waals surface area contributed by atoms with Crippen molar-refractivity contribution >= 4 is 17.6 Å². The van der Waals surface area contributed by atoms with Crippen LogP contribution in [0.1, 0.15) is 11.1 Å². The van der Waals surface area contributed by atoms with E-state index in [0.29, 0.717) is 24.5 Å². The number of benzene rings is 4. The molecule has 0 radical (unpaired) electrons. The van der Waals surface area contributed by atoms with Gasteiger partial charge in [0.05, 0.1) is 6.54 Å². The van der Waals surface area contributed by atoms with E-state index in [1.165, 1.54) is 0 Å². The maximum atomic E-state index is 12.5. The van der Waals surface area contributed by atoms with E-state index in [2.05, 4.69) is 5.32 Å². The molecule has 0 aliphatic heterocycles. The number of carbonyl (C=O) groups excluding carboxylic acids is 2. The highest BCUT2D eigenvalue weighted by atomic mass is 16.5. The molecule has 0 heterocycles. The van der Waals surface area contributed by atoms with Gasteiger partial charge < -0.3 is 14.8 Å². The minimum absolute atomic E-state index is 0.0720. The molecular formula is C30H28N2O4. The Balaban J connectivity index is 1.26. The number of ether oxygens (including phenoxy) is 2. The highest BCUT2D eigenvalue weighted by Gasteiger charge is 2.15. The minimum Gasteiger partial charge on any atom is -0.457 e. The molecule has 0 aromatic heterocycles. The van der Waals surface area contributed by atoms with Crippen molar-refractivity contribution in [2.45, 2.75) is 13.1 Å². The second-order valence-electron chi connectivity index (χ2n) is 8.26. The zero-order chi connectivity index (χ0) is 25.0. The molecule has 4 aromatic rings. The molecule has 0 unspecified atom stereocenters. The molecule has 4 rings (SSSR count). The van der Waals surface area contributed by atoms with Crippen LogP contribution in [0.4, 0.5) is 5.69 Å². The summed E-state index contributed by atoms with van der Waals surface area (Å²) in [4.78, 5) is 26.9. The highest BCUT2D eigenvalue weighted by Crippen LogP contribution is 2.22. The first-order valence-corrected chi connectivity index (χ1v) is 11.7. The van der Waals surface area contributed by atoms with Gasteiger partial charge in [0.25, 0.3) is 5.91 Å². The molecule has 0 atom stereocenters. The maximum absolute atomic E-state index is 12.5. The van der Waals surface area contributed by atoms with Crippen molar-refractivity contribution in [2.75, 3.05) is 18.5 Å². The van der Waals surface area contributed by atoms with Gasteiger partial charge in [-0.05, 0) is 47.5 Å². The van der Waals surface area contributed by atoms with Crippen molar-refractivity contribution in [1.82, 2.24) is 4.90 Å². The van der Waals surface area contributed by atoms with Crippen LogP contribution in [-0.2, 0) is 27.4 Å². The van der Waals surface area contributed by atoms with Gasteiger partial charge in [-0.15, -0.1) is 0 Å². The number of anilines is 1. The summed E-state index contributed by atoms with van der Waals surface area (Å²) in [5, 5.41) is 2.74. The fraction of sp³-hybridized carbons (Fsp3) is 0.133. The third-order valence-corrected chi connectivity index (χ3v) is 5.33. The van der Waals surface area contributed by atoms with Crippen LogP contribution in [0.15, 0.2) is 115 Å². The van der Waals surface area contributed by atoms with Crippen LogP contribution in [0.25, 0.3) is 0 Å². The Labute approximate surface area is 211 Å². The van der Waals surface area contributed by atoms with Gasteiger partial charge in [-0.3, -0.25) is 14.5 Å². The number of hydrogen-bond donors (Lipinski definition) is 1. The Bertz CT molecular complexity index is 1190. The fourth-order valence-corrected chi connectivity index (χ4v) is 3.65. The van der Waals surface area contributed by atoms with E-state index in [-0.39, 0.29) is 13.2 Å². The van der Waals surface area contributed by atoms with Gasteiger partial charge in [-0.2, -0.15) is 0 Å². The lowest BCUT2D eigenvalue weighted by molar-refractivity contribution is -0.148. The third kappa shape index (κ3) is 8.11. The Hall–Kier alpha value is -4.42.